The molecule has 0 bridgehead atoms. The Morgan fingerprint density at radius 3 is 2.58 bits per heavy atom. The summed E-state index contributed by atoms with van der Waals surface area (Å²) < 4.78 is 51.0. The van der Waals surface area contributed by atoms with Gasteiger partial charge in [0.05, 0.1) is 11.2 Å². The van der Waals surface area contributed by atoms with Gasteiger partial charge in [0, 0.05) is 13.0 Å². The van der Waals surface area contributed by atoms with E-state index in [-0.39, 0.29) is 12.0 Å². The van der Waals surface area contributed by atoms with Gasteiger partial charge in [-0.15, -0.1) is 0 Å². The molecule has 1 atom stereocenters. The number of nitrogens with one attached hydrogen (secondary N) is 1. The van der Waals surface area contributed by atoms with E-state index < -0.39 is 23.2 Å². The van der Waals surface area contributed by atoms with Crippen LogP contribution in [0.15, 0.2) is 18.2 Å². The van der Waals surface area contributed by atoms with Crippen molar-refractivity contribution in [2.24, 2.45) is 0 Å². The Labute approximate surface area is 108 Å². The van der Waals surface area contributed by atoms with Gasteiger partial charge >= 0.3 is 6.18 Å². The van der Waals surface area contributed by atoms with Gasteiger partial charge in [0.25, 0.3) is 0 Å². The van der Waals surface area contributed by atoms with Crippen LogP contribution in [-0.2, 0) is 12.6 Å². The van der Waals surface area contributed by atoms with Crippen molar-refractivity contribution < 1.29 is 22.7 Å². The lowest BCUT2D eigenvalue weighted by Crippen LogP contribution is -2.47. The predicted octanol–water partition coefficient (Wildman–Crippen LogP) is 2.50. The van der Waals surface area contributed by atoms with E-state index in [9.17, 15) is 22.7 Å². The minimum Gasteiger partial charge on any atom is -0.388 e. The Balaban J connectivity index is 2.22. The number of aliphatic hydroxyl groups is 1. The molecule has 0 amide bonds. The quantitative estimate of drug-likeness (QED) is 0.814. The standard InChI is InChI=1S/C13H15F4NO/c14-11-5-9(4-10(6-11)13(15,16)17)7-12(19)2-1-3-18-8-12/h4-6,18-19H,1-3,7-8H2. The molecular formula is C13H15F4NO. The molecule has 2 nitrogen and oxygen atoms in total. The summed E-state index contributed by atoms with van der Waals surface area (Å²) >= 11 is 0. The number of rotatable bonds is 2. The number of alkyl halides is 3. The van der Waals surface area contributed by atoms with Crippen LogP contribution >= 0.6 is 0 Å². The predicted molar refractivity (Wildman–Crippen MR) is 62.2 cm³/mol. The van der Waals surface area contributed by atoms with E-state index in [0.29, 0.717) is 19.0 Å². The summed E-state index contributed by atoms with van der Waals surface area (Å²) in [6.45, 7) is 1.09. The molecule has 1 heterocycles. The molecule has 1 aliphatic rings. The Morgan fingerprint density at radius 2 is 2.00 bits per heavy atom. The third-order valence-electron chi connectivity index (χ3n) is 3.27. The number of benzene rings is 1. The highest BCUT2D eigenvalue weighted by molar-refractivity contribution is 5.28. The van der Waals surface area contributed by atoms with Crippen molar-refractivity contribution in [1.82, 2.24) is 5.32 Å². The molecular weight excluding hydrogens is 262 g/mol. The zero-order valence-electron chi connectivity index (χ0n) is 10.2. The van der Waals surface area contributed by atoms with Gasteiger partial charge in [0.1, 0.15) is 5.82 Å². The van der Waals surface area contributed by atoms with Crippen LogP contribution in [0.4, 0.5) is 17.6 Å². The first-order valence-corrected chi connectivity index (χ1v) is 6.08. The van der Waals surface area contributed by atoms with Gasteiger partial charge in [0.15, 0.2) is 0 Å². The van der Waals surface area contributed by atoms with E-state index in [0.717, 1.165) is 25.1 Å². The molecule has 1 aromatic rings. The summed E-state index contributed by atoms with van der Waals surface area (Å²) in [5, 5.41) is 13.2. The van der Waals surface area contributed by atoms with Crippen LogP contribution in [0, 0.1) is 5.82 Å². The van der Waals surface area contributed by atoms with Crippen molar-refractivity contribution in [2.75, 3.05) is 13.1 Å². The van der Waals surface area contributed by atoms with Gasteiger partial charge in [0.2, 0.25) is 0 Å². The van der Waals surface area contributed by atoms with E-state index in [1.807, 2.05) is 0 Å². The molecule has 0 aliphatic carbocycles. The lowest BCUT2D eigenvalue weighted by molar-refractivity contribution is -0.137. The fourth-order valence-corrected chi connectivity index (χ4v) is 2.40. The van der Waals surface area contributed by atoms with Gasteiger partial charge in [-0.2, -0.15) is 13.2 Å². The van der Waals surface area contributed by atoms with Crippen molar-refractivity contribution in [2.45, 2.75) is 31.0 Å². The lowest BCUT2D eigenvalue weighted by Gasteiger charge is -2.32. The number of piperidine rings is 1. The molecule has 2 rings (SSSR count). The molecule has 0 saturated carbocycles. The summed E-state index contributed by atoms with van der Waals surface area (Å²) in [6, 6.07) is 2.41. The van der Waals surface area contributed by atoms with Crippen LogP contribution in [0.2, 0.25) is 0 Å². The van der Waals surface area contributed by atoms with Crippen LogP contribution in [-0.4, -0.2) is 23.8 Å². The second-order valence-electron chi connectivity index (χ2n) is 5.03. The highest BCUT2D eigenvalue weighted by Crippen LogP contribution is 2.31. The fraction of sp³-hybridized carbons (Fsp3) is 0.538. The van der Waals surface area contributed by atoms with Crippen LogP contribution < -0.4 is 5.32 Å². The first kappa shape index (κ1) is 14.3. The molecule has 1 fully saturated rings. The maximum Gasteiger partial charge on any atom is 0.416 e. The monoisotopic (exact) mass is 277 g/mol. The highest BCUT2D eigenvalue weighted by Gasteiger charge is 2.33. The molecule has 106 valence electrons. The van der Waals surface area contributed by atoms with Crippen molar-refractivity contribution in [3.63, 3.8) is 0 Å². The molecule has 0 radical (unpaired) electrons. The molecule has 2 N–H and O–H groups in total. The molecule has 1 aliphatic heterocycles. The summed E-state index contributed by atoms with van der Waals surface area (Å²) in [4.78, 5) is 0. The van der Waals surface area contributed by atoms with Crippen LogP contribution in [0.3, 0.4) is 0 Å². The maximum atomic E-state index is 13.2. The average Bonchev–Trinajstić information content (AvgIpc) is 2.27. The smallest absolute Gasteiger partial charge is 0.388 e. The van der Waals surface area contributed by atoms with Gasteiger partial charge in [-0.25, -0.2) is 4.39 Å². The second kappa shape index (κ2) is 5.09. The van der Waals surface area contributed by atoms with E-state index in [1.54, 1.807) is 0 Å². The molecule has 6 heteroatoms. The Bertz CT molecular complexity index is 452. The van der Waals surface area contributed by atoms with Gasteiger partial charge in [-0.1, -0.05) is 0 Å². The van der Waals surface area contributed by atoms with Crippen molar-refractivity contribution in [3.05, 3.63) is 35.1 Å². The van der Waals surface area contributed by atoms with Crippen LogP contribution in [0.5, 0.6) is 0 Å². The first-order chi connectivity index (χ1) is 8.78. The van der Waals surface area contributed by atoms with Gasteiger partial charge < -0.3 is 10.4 Å². The molecule has 1 aromatic carbocycles. The summed E-state index contributed by atoms with van der Waals surface area (Å²) in [7, 11) is 0. The third-order valence-corrected chi connectivity index (χ3v) is 3.27. The van der Waals surface area contributed by atoms with Crippen molar-refractivity contribution in [3.8, 4) is 0 Å². The largest absolute Gasteiger partial charge is 0.416 e. The summed E-state index contributed by atoms with van der Waals surface area (Å²) in [6.07, 6.45) is -3.32. The Kier molecular flexibility index (Phi) is 3.82. The SMILES string of the molecule is OC1(Cc2cc(F)cc(C(F)(F)F)c2)CCCNC1. The van der Waals surface area contributed by atoms with Crippen LogP contribution in [0.25, 0.3) is 0 Å². The van der Waals surface area contributed by atoms with Gasteiger partial charge in [-0.05, 0) is 43.1 Å². The van der Waals surface area contributed by atoms with Gasteiger partial charge in [-0.3, -0.25) is 0 Å². The van der Waals surface area contributed by atoms with Crippen molar-refractivity contribution >= 4 is 0 Å². The minimum atomic E-state index is -4.58. The Hall–Kier alpha value is -1.14. The first-order valence-electron chi connectivity index (χ1n) is 6.08. The molecule has 0 spiro atoms. The zero-order valence-corrected chi connectivity index (χ0v) is 10.2. The minimum absolute atomic E-state index is 0.0147. The summed E-state index contributed by atoms with van der Waals surface area (Å²) in [5.74, 6) is -0.933. The number of hydrogen-bond donors (Lipinski definition) is 2. The fourth-order valence-electron chi connectivity index (χ4n) is 2.40. The van der Waals surface area contributed by atoms with Crippen molar-refractivity contribution in [1.29, 1.82) is 0 Å². The average molecular weight is 277 g/mol. The highest BCUT2D eigenvalue weighted by atomic mass is 19.4. The normalized spacial score (nSPS) is 24.5. The maximum absolute atomic E-state index is 13.2. The number of halogens is 4. The number of hydrogen-bond acceptors (Lipinski definition) is 2. The zero-order chi connectivity index (χ0) is 14.1. The second-order valence-corrected chi connectivity index (χ2v) is 5.03. The van der Waals surface area contributed by atoms with E-state index in [1.165, 1.54) is 0 Å². The van der Waals surface area contributed by atoms with E-state index >= 15 is 0 Å². The topological polar surface area (TPSA) is 32.3 Å². The Morgan fingerprint density at radius 1 is 1.26 bits per heavy atom. The molecule has 1 saturated heterocycles. The van der Waals surface area contributed by atoms with E-state index in [2.05, 4.69) is 5.32 Å². The molecule has 1 unspecified atom stereocenters. The van der Waals surface area contributed by atoms with Crippen LogP contribution in [0.1, 0.15) is 24.0 Å². The third kappa shape index (κ3) is 3.67. The van der Waals surface area contributed by atoms with E-state index in [4.69, 9.17) is 0 Å². The number of β-amino-alcohol motifs (C(OH)–C–C–N with tert-alkyl or cyclic N) is 1. The molecule has 0 aromatic heterocycles. The molecule has 19 heavy (non-hydrogen) atoms. The summed E-state index contributed by atoms with van der Waals surface area (Å²) in [5.41, 5.74) is -1.96. The lowest BCUT2D eigenvalue weighted by atomic mass is 9.87.